The molecule has 2 rings (SSSR count). The highest BCUT2D eigenvalue weighted by molar-refractivity contribution is 6.39. The Bertz CT molecular complexity index is 561. The van der Waals surface area contributed by atoms with Gasteiger partial charge in [0, 0.05) is 6.21 Å². The Hall–Kier alpha value is -1.79. The lowest BCUT2D eigenvalue weighted by molar-refractivity contribution is -0.154. The number of rotatable bonds is 6. The molecule has 2 unspecified atom stereocenters. The molecule has 0 aromatic carbocycles. The van der Waals surface area contributed by atoms with E-state index in [9.17, 15) is 4.79 Å². The van der Waals surface area contributed by atoms with Crippen molar-refractivity contribution in [2.45, 2.75) is 32.4 Å². The molecule has 0 spiro atoms. The second-order valence-electron chi connectivity index (χ2n) is 6.32. The van der Waals surface area contributed by atoms with Crippen molar-refractivity contribution >= 4 is 17.9 Å². The van der Waals surface area contributed by atoms with Crippen LogP contribution in [0, 0.1) is 5.41 Å². The average Bonchev–Trinajstić information content (AvgIpc) is 2.60. The number of aliphatic hydroxyl groups is 1. The lowest BCUT2D eigenvalue weighted by atomic mass is 9.94. The fourth-order valence-corrected chi connectivity index (χ4v) is 2.30. The van der Waals surface area contributed by atoms with Crippen LogP contribution in [0.4, 0.5) is 0 Å². The standard InChI is InChI=1S/C17H24N2O4/c1-17(2,16(21)22-3)11-23-14-6-4-12(5-7-14)15-9-18-13(10-20)8-19-15/h4-6,9,13-14,20H,7-8,10-11H2,1-3H3. The van der Waals surface area contributed by atoms with Gasteiger partial charge in [0.15, 0.2) is 0 Å². The lowest BCUT2D eigenvalue weighted by Gasteiger charge is -2.25. The quantitative estimate of drug-likeness (QED) is 0.749. The van der Waals surface area contributed by atoms with Crippen molar-refractivity contribution in [3.63, 3.8) is 0 Å². The van der Waals surface area contributed by atoms with Crippen LogP contribution in [0.3, 0.4) is 0 Å². The van der Waals surface area contributed by atoms with Crippen LogP contribution in [0.15, 0.2) is 33.8 Å². The zero-order valence-electron chi connectivity index (χ0n) is 13.9. The Balaban J connectivity index is 1.86. The highest BCUT2D eigenvalue weighted by atomic mass is 16.5. The fraction of sp³-hybridized carbons (Fsp3) is 0.588. The first-order chi connectivity index (χ1) is 11.0. The van der Waals surface area contributed by atoms with Crippen molar-refractivity contribution in [1.82, 2.24) is 0 Å². The number of ether oxygens (including phenoxy) is 2. The molecule has 0 saturated heterocycles. The van der Waals surface area contributed by atoms with Crippen LogP contribution in [0.5, 0.6) is 0 Å². The first-order valence-corrected chi connectivity index (χ1v) is 7.73. The van der Waals surface area contributed by atoms with Gasteiger partial charge in [0.2, 0.25) is 0 Å². The molecule has 0 aromatic rings. The highest BCUT2D eigenvalue weighted by Crippen LogP contribution is 2.21. The maximum atomic E-state index is 11.6. The maximum absolute atomic E-state index is 11.6. The molecule has 1 heterocycles. The van der Waals surface area contributed by atoms with Gasteiger partial charge in [0.1, 0.15) is 0 Å². The molecular formula is C17H24N2O4. The number of carbonyl (C=O) groups is 1. The van der Waals surface area contributed by atoms with Crippen LogP contribution in [0.1, 0.15) is 20.3 Å². The van der Waals surface area contributed by atoms with Crippen molar-refractivity contribution in [1.29, 1.82) is 0 Å². The Labute approximate surface area is 136 Å². The van der Waals surface area contributed by atoms with Gasteiger partial charge in [-0.1, -0.05) is 18.2 Å². The molecule has 6 nitrogen and oxygen atoms in total. The topological polar surface area (TPSA) is 80.5 Å². The molecule has 2 aliphatic rings. The Morgan fingerprint density at radius 2 is 2.26 bits per heavy atom. The number of hydrogen-bond donors (Lipinski definition) is 1. The summed E-state index contributed by atoms with van der Waals surface area (Å²) in [7, 11) is 1.38. The van der Waals surface area contributed by atoms with E-state index in [1.807, 2.05) is 12.2 Å². The van der Waals surface area contributed by atoms with E-state index in [1.165, 1.54) is 7.11 Å². The van der Waals surface area contributed by atoms with Crippen molar-refractivity contribution in [3.05, 3.63) is 23.8 Å². The van der Waals surface area contributed by atoms with Gasteiger partial charge in [-0.25, -0.2) is 0 Å². The molecule has 0 fully saturated rings. The molecule has 0 saturated carbocycles. The third-order valence-electron chi connectivity index (χ3n) is 3.84. The number of aliphatic hydroxyl groups excluding tert-OH is 1. The number of aliphatic imine (C=N–C) groups is 2. The Kier molecular flexibility index (Phi) is 5.85. The number of esters is 1. The van der Waals surface area contributed by atoms with E-state index in [-0.39, 0.29) is 24.7 Å². The molecule has 0 aromatic heterocycles. The predicted molar refractivity (Wildman–Crippen MR) is 89.0 cm³/mol. The minimum atomic E-state index is -0.661. The normalized spacial score (nSPS) is 24.2. The minimum absolute atomic E-state index is 0.0219. The van der Waals surface area contributed by atoms with Gasteiger partial charge in [0.05, 0.1) is 50.1 Å². The number of methoxy groups -OCH3 is 1. The van der Waals surface area contributed by atoms with Crippen LogP contribution >= 0.6 is 0 Å². The third kappa shape index (κ3) is 4.59. The van der Waals surface area contributed by atoms with E-state index in [2.05, 4.69) is 16.1 Å². The molecule has 1 aliphatic heterocycles. The molecule has 0 bridgehead atoms. The summed E-state index contributed by atoms with van der Waals surface area (Å²) in [5.41, 5.74) is 1.18. The molecule has 1 N–H and O–H groups in total. The summed E-state index contributed by atoms with van der Waals surface area (Å²) < 4.78 is 10.6. The van der Waals surface area contributed by atoms with Gasteiger partial charge in [-0.05, 0) is 25.8 Å². The predicted octanol–water partition coefficient (Wildman–Crippen LogP) is 1.34. The summed E-state index contributed by atoms with van der Waals surface area (Å²) in [6.07, 6.45) is 8.36. The number of nitrogens with zero attached hydrogens (tertiary/aromatic N) is 2. The van der Waals surface area contributed by atoms with Crippen molar-refractivity contribution in [3.8, 4) is 0 Å². The molecule has 0 amide bonds. The SMILES string of the molecule is COC(=O)C(C)(C)COC1C=CC(C2=NCC(CO)N=C2)=CC1. The van der Waals surface area contributed by atoms with E-state index >= 15 is 0 Å². The Morgan fingerprint density at radius 3 is 2.78 bits per heavy atom. The molecule has 6 heteroatoms. The summed E-state index contributed by atoms with van der Waals surface area (Å²) in [6, 6.07) is -0.122. The minimum Gasteiger partial charge on any atom is -0.469 e. The number of allylic oxidation sites excluding steroid dienone is 2. The average molecular weight is 320 g/mol. The van der Waals surface area contributed by atoms with Crippen LogP contribution in [0.2, 0.25) is 0 Å². The first kappa shape index (κ1) is 17.6. The van der Waals surface area contributed by atoms with E-state index in [4.69, 9.17) is 14.6 Å². The van der Waals surface area contributed by atoms with E-state index in [0.29, 0.717) is 13.2 Å². The zero-order chi connectivity index (χ0) is 16.9. The Morgan fingerprint density at radius 1 is 1.48 bits per heavy atom. The maximum Gasteiger partial charge on any atom is 0.313 e. The summed E-state index contributed by atoms with van der Waals surface area (Å²) in [4.78, 5) is 20.3. The molecular weight excluding hydrogens is 296 g/mol. The number of carbonyl (C=O) groups excluding carboxylic acids is 1. The van der Waals surface area contributed by atoms with Gasteiger partial charge >= 0.3 is 5.97 Å². The molecule has 126 valence electrons. The third-order valence-corrected chi connectivity index (χ3v) is 3.84. The van der Waals surface area contributed by atoms with Gasteiger partial charge in [-0.2, -0.15) is 0 Å². The first-order valence-electron chi connectivity index (χ1n) is 7.73. The number of hydrogen-bond acceptors (Lipinski definition) is 6. The van der Waals surface area contributed by atoms with E-state index < -0.39 is 5.41 Å². The molecule has 2 atom stereocenters. The van der Waals surface area contributed by atoms with Crippen molar-refractivity contribution in [2.24, 2.45) is 15.4 Å². The van der Waals surface area contributed by atoms with Gasteiger partial charge in [-0.15, -0.1) is 0 Å². The van der Waals surface area contributed by atoms with Crippen LogP contribution in [-0.4, -0.2) is 62.0 Å². The largest absolute Gasteiger partial charge is 0.469 e. The highest BCUT2D eigenvalue weighted by Gasteiger charge is 2.30. The van der Waals surface area contributed by atoms with E-state index in [0.717, 1.165) is 17.7 Å². The second kappa shape index (κ2) is 7.66. The lowest BCUT2D eigenvalue weighted by Crippen LogP contribution is -2.32. The monoisotopic (exact) mass is 320 g/mol. The summed E-state index contributed by atoms with van der Waals surface area (Å²) in [5.74, 6) is -0.278. The van der Waals surface area contributed by atoms with Crippen molar-refractivity contribution in [2.75, 3.05) is 26.9 Å². The molecule has 1 aliphatic carbocycles. The smallest absolute Gasteiger partial charge is 0.313 e. The summed E-state index contributed by atoms with van der Waals surface area (Å²) in [6.45, 7) is 4.45. The fourth-order valence-electron chi connectivity index (χ4n) is 2.30. The van der Waals surface area contributed by atoms with Crippen LogP contribution in [0.25, 0.3) is 0 Å². The van der Waals surface area contributed by atoms with Crippen LogP contribution < -0.4 is 0 Å². The molecule has 23 heavy (non-hydrogen) atoms. The van der Waals surface area contributed by atoms with Gasteiger partial charge in [0.25, 0.3) is 0 Å². The zero-order valence-corrected chi connectivity index (χ0v) is 13.9. The van der Waals surface area contributed by atoms with Gasteiger partial charge in [-0.3, -0.25) is 14.8 Å². The van der Waals surface area contributed by atoms with E-state index in [1.54, 1.807) is 20.1 Å². The summed E-state index contributed by atoms with van der Waals surface area (Å²) in [5, 5.41) is 9.04. The van der Waals surface area contributed by atoms with Gasteiger partial charge < -0.3 is 14.6 Å². The second-order valence-corrected chi connectivity index (χ2v) is 6.32. The summed E-state index contributed by atoms with van der Waals surface area (Å²) >= 11 is 0. The molecule has 0 radical (unpaired) electrons. The van der Waals surface area contributed by atoms with Crippen LogP contribution in [-0.2, 0) is 14.3 Å². The van der Waals surface area contributed by atoms with Crippen molar-refractivity contribution < 1.29 is 19.4 Å².